The number of rotatable bonds is 4. The first-order valence-electron chi connectivity index (χ1n) is 5.90. The summed E-state index contributed by atoms with van der Waals surface area (Å²) in [5.41, 5.74) is 8.46. The zero-order chi connectivity index (χ0) is 11.5. The predicted octanol–water partition coefficient (Wildman–Crippen LogP) is 2.94. The highest BCUT2D eigenvalue weighted by Gasteiger charge is 2.18. The van der Waals surface area contributed by atoms with Gasteiger partial charge in [-0.1, -0.05) is 24.9 Å². The van der Waals surface area contributed by atoms with Crippen LogP contribution in [0.5, 0.6) is 5.75 Å². The van der Waals surface area contributed by atoms with Gasteiger partial charge in [0.25, 0.3) is 0 Å². The lowest BCUT2D eigenvalue weighted by atomic mass is 9.99. The molecule has 0 saturated carbocycles. The van der Waals surface area contributed by atoms with Crippen LogP contribution in [-0.4, -0.2) is 12.6 Å². The predicted molar refractivity (Wildman–Crippen MR) is 67.2 cm³/mol. The van der Waals surface area contributed by atoms with Crippen LogP contribution in [0.4, 0.5) is 0 Å². The molecular formula is C13H18ClNO. The van der Waals surface area contributed by atoms with Crippen LogP contribution in [0.2, 0.25) is 5.02 Å². The molecule has 1 unspecified atom stereocenters. The summed E-state index contributed by atoms with van der Waals surface area (Å²) >= 11 is 6.09. The molecule has 1 aromatic rings. The van der Waals surface area contributed by atoms with Gasteiger partial charge >= 0.3 is 0 Å². The molecule has 0 bridgehead atoms. The van der Waals surface area contributed by atoms with Gasteiger partial charge in [-0.05, 0) is 36.1 Å². The maximum absolute atomic E-state index is 6.09. The maximum atomic E-state index is 6.09. The number of hydrogen-bond donors (Lipinski definition) is 1. The van der Waals surface area contributed by atoms with E-state index in [2.05, 4.69) is 6.92 Å². The van der Waals surface area contributed by atoms with Crippen molar-refractivity contribution in [3.05, 3.63) is 28.3 Å². The van der Waals surface area contributed by atoms with E-state index >= 15 is 0 Å². The van der Waals surface area contributed by atoms with Crippen molar-refractivity contribution in [1.29, 1.82) is 0 Å². The number of ether oxygens (including phenoxy) is 1. The van der Waals surface area contributed by atoms with Crippen molar-refractivity contribution < 1.29 is 4.74 Å². The molecule has 1 aromatic carbocycles. The quantitative estimate of drug-likeness (QED) is 0.877. The van der Waals surface area contributed by atoms with E-state index in [9.17, 15) is 0 Å². The standard InChI is InChI=1S/C13H18ClNO/c1-2-3-12(15)8-10-7-11(14)6-9-4-5-16-13(9)10/h6-7,12H,2-5,8,15H2,1H3. The summed E-state index contributed by atoms with van der Waals surface area (Å²) in [5, 5.41) is 0.794. The SMILES string of the molecule is CCCC(N)Cc1cc(Cl)cc2c1OCC2. The molecule has 1 heterocycles. The Morgan fingerprint density at radius 2 is 2.31 bits per heavy atom. The molecule has 3 heteroatoms. The van der Waals surface area contributed by atoms with Crippen LogP contribution in [-0.2, 0) is 12.8 Å². The smallest absolute Gasteiger partial charge is 0.125 e. The first-order chi connectivity index (χ1) is 7.70. The van der Waals surface area contributed by atoms with E-state index in [1.807, 2.05) is 12.1 Å². The van der Waals surface area contributed by atoms with E-state index in [-0.39, 0.29) is 6.04 Å². The molecule has 2 N–H and O–H groups in total. The lowest BCUT2D eigenvalue weighted by Gasteiger charge is -2.13. The fourth-order valence-electron chi connectivity index (χ4n) is 2.25. The lowest BCUT2D eigenvalue weighted by Crippen LogP contribution is -2.22. The van der Waals surface area contributed by atoms with Crippen LogP contribution in [0.3, 0.4) is 0 Å². The van der Waals surface area contributed by atoms with Crippen molar-refractivity contribution >= 4 is 11.6 Å². The molecule has 0 fully saturated rings. The molecule has 1 aliphatic rings. The average molecular weight is 240 g/mol. The highest BCUT2D eigenvalue weighted by molar-refractivity contribution is 6.30. The van der Waals surface area contributed by atoms with Crippen LogP contribution in [0.15, 0.2) is 12.1 Å². The second-order valence-electron chi connectivity index (χ2n) is 4.40. The van der Waals surface area contributed by atoms with Crippen molar-refractivity contribution in [2.45, 2.75) is 38.6 Å². The number of benzene rings is 1. The normalized spacial score (nSPS) is 15.7. The second kappa shape index (κ2) is 5.07. The Morgan fingerprint density at radius 3 is 3.06 bits per heavy atom. The third kappa shape index (κ3) is 2.50. The van der Waals surface area contributed by atoms with Gasteiger partial charge in [0.2, 0.25) is 0 Å². The molecule has 0 amide bonds. The topological polar surface area (TPSA) is 35.2 Å². The van der Waals surface area contributed by atoms with Crippen molar-refractivity contribution in [3.63, 3.8) is 0 Å². The molecule has 0 spiro atoms. The zero-order valence-corrected chi connectivity index (χ0v) is 10.4. The minimum Gasteiger partial charge on any atom is -0.493 e. The van der Waals surface area contributed by atoms with E-state index in [4.69, 9.17) is 22.1 Å². The van der Waals surface area contributed by atoms with Gasteiger partial charge in [0.15, 0.2) is 0 Å². The number of hydrogen-bond acceptors (Lipinski definition) is 2. The van der Waals surface area contributed by atoms with E-state index in [1.54, 1.807) is 0 Å². The van der Waals surface area contributed by atoms with Crippen LogP contribution in [0.25, 0.3) is 0 Å². The van der Waals surface area contributed by atoms with Gasteiger partial charge in [-0.25, -0.2) is 0 Å². The van der Waals surface area contributed by atoms with Crippen LogP contribution < -0.4 is 10.5 Å². The molecule has 0 radical (unpaired) electrons. The monoisotopic (exact) mass is 239 g/mol. The number of halogens is 1. The largest absolute Gasteiger partial charge is 0.493 e. The van der Waals surface area contributed by atoms with Gasteiger partial charge in [0.05, 0.1) is 6.61 Å². The Kier molecular flexibility index (Phi) is 3.72. The Balaban J connectivity index is 2.20. The molecule has 0 saturated heterocycles. The summed E-state index contributed by atoms with van der Waals surface area (Å²) < 4.78 is 5.65. The zero-order valence-electron chi connectivity index (χ0n) is 9.63. The van der Waals surface area contributed by atoms with Crippen LogP contribution >= 0.6 is 11.6 Å². The summed E-state index contributed by atoms with van der Waals surface area (Å²) in [6.07, 6.45) is 3.98. The summed E-state index contributed by atoms with van der Waals surface area (Å²) in [4.78, 5) is 0. The van der Waals surface area contributed by atoms with Gasteiger partial charge in [0.1, 0.15) is 5.75 Å². The summed E-state index contributed by atoms with van der Waals surface area (Å²) in [7, 11) is 0. The van der Waals surface area contributed by atoms with Crippen molar-refractivity contribution in [2.75, 3.05) is 6.61 Å². The van der Waals surface area contributed by atoms with Crippen molar-refractivity contribution in [2.24, 2.45) is 5.73 Å². The minimum absolute atomic E-state index is 0.205. The molecule has 2 nitrogen and oxygen atoms in total. The Bertz CT molecular complexity index is 378. The number of fused-ring (bicyclic) bond motifs is 1. The van der Waals surface area contributed by atoms with Gasteiger partial charge in [-0.3, -0.25) is 0 Å². The summed E-state index contributed by atoms with van der Waals surface area (Å²) in [5.74, 6) is 1.02. The van der Waals surface area contributed by atoms with E-state index in [0.29, 0.717) is 0 Å². The van der Waals surface area contributed by atoms with Gasteiger partial charge in [0, 0.05) is 17.5 Å². The Hall–Kier alpha value is -0.730. The molecule has 0 aromatic heterocycles. The lowest BCUT2D eigenvalue weighted by molar-refractivity contribution is 0.352. The fourth-order valence-corrected chi connectivity index (χ4v) is 2.52. The average Bonchev–Trinajstić information content (AvgIpc) is 2.65. The van der Waals surface area contributed by atoms with Crippen molar-refractivity contribution in [3.8, 4) is 5.75 Å². The Labute approximate surface area is 102 Å². The molecule has 1 atom stereocenters. The van der Waals surface area contributed by atoms with E-state index in [1.165, 1.54) is 11.1 Å². The summed E-state index contributed by atoms with van der Waals surface area (Å²) in [6.45, 7) is 2.92. The highest BCUT2D eigenvalue weighted by atomic mass is 35.5. The third-order valence-electron chi connectivity index (χ3n) is 2.97. The van der Waals surface area contributed by atoms with Gasteiger partial charge < -0.3 is 10.5 Å². The Morgan fingerprint density at radius 1 is 1.50 bits per heavy atom. The van der Waals surface area contributed by atoms with Crippen LogP contribution in [0.1, 0.15) is 30.9 Å². The number of nitrogens with two attached hydrogens (primary N) is 1. The van der Waals surface area contributed by atoms with Gasteiger partial charge in [-0.15, -0.1) is 0 Å². The maximum Gasteiger partial charge on any atom is 0.125 e. The molecule has 0 aliphatic carbocycles. The molecule has 1 aliphatic heterocycles. The fraction of sp³-hybridized carbons (Fsp3) is 0.538. The molecular weight excluding hydrogens is 222 g/mol. The van der Waals surface area contributed by atoms with Crippen LogP contribution in [0, 0.1) is 0 Å². The molecule has 2 rings (SSSR count). The summed E-state index contributed by atoms with van der Waals surface area (Å²) in [6, 6.07) is 4.19. The first kappa shape index (κ1) is 11.7. The van der Waals surface area contributed by atoms with Crippen molar-refractivity contribution in [1.82, 2.24) is 0 Å². The van der Waals surface area contributed by atoms with E-state index < -0.39 is 0 Å². The van der Waals surface area contributed by atoms with Gasteiger partial charge in [-0.2, -0.15) is 0 Å². The third-order valence-corrected chi connectivity index (χ3v) is 3.19. The highest BCUT2D eigenvalue weighted by Crippen LogP contribution is 2.33. The molecule has 16 heavy (non-hydrogen) atoms. The minimum atomic E-state index is 0.205. The van der Waals surface area contributed by atoms with E-state index in [0.717, 1.165) is 43.1 Å². The second-order valence-corrected chi connectivity index (χ2v) is 4.84. The molecule has 88 valence electrons. The first-order valence-corrected chi connectivity index (χ1v) is 6.28.